The van der Waals surface area contributed by atoms with Crippen LogP contribution in [0.3, 0.4) is 0 Å². The lowest BCUT2D eigenvalue weighted by Crippen LogP contribution is -2.25. The molecule has 0 spiro atoms. The summed E-state index contributed by atoms with van der Waals surface area (Å²) in [5.41, 5.74) is 0.185. The number of ether oxygens (including phenoxy) is 3. The number of hydrogen-bond acceptors (Lipinski definition) is 8. The van der Waals surface area contributed by atoms with Gasteiger partial charge in [0, 0.05) is 26.2 Å². The molecule has 1 aromatic heterocycles. The first kappa shape index (κ1) is 30.9. The van der Waals surface area contributed by atoms with Gasteiger partial charge in [-0.15, -0.1) is 0 Å². The smallest absolute Gasteiger partial charge is 0.416 e. The SMILES string of the molecule is COC(=O)Cn1cnc2cc(NC(=O)CCCOc3ccc(C(F)(F)F)cc3)c(Oc3ccc(N(C)C)cc3)cc2c1=O. The van der Waals surface area contributed by atoms with Gasteiger partial charge in [0.1, 0.15) is 18.0 Å². The monoisotopic (exact) mass is 598 g/mol. The zero-order valence-corrected chi connectivity index (χ0v) is 23.6. The van der Waals surface area contributed by atoms with E-state index in [9.17, 15) is 27.6 Å². The third-order valence-electron chi connectivity index (χ3n) is 6.31. The van der Waals surface area contributed by atoms with Gasteiger partial charge < -0.3 is 24.4 Å². The van der Waals surface area contributed by atoms with Crippen molar-refractivity contribution in [2.45, 2.75) is 25.6 Å². The van der Waals surface area contributed by atoms with E-state index in [2.05, 4.69) is 15.0 Å². The minimum Gasteiger partial charge on any atom is -0.494 e. The van der Waals surface area contributed by atoms with E-state index in [1.165, 1.54) is 37.7 Å². The highest BCUT2D eigenvalue weighted by Crippen LogP contribution is 2.34. The Balaban J connectivity index is 1.51. The first-order chi connectivity index (χ1) is 20.4. The van der Waals surface area contributed by atoms with Crippen molar-refractivity contribution in [2.24, 2.45) is 0 Å². The lowest BCUT2D eigenvalue weighted by molar-refractivity contribution is -0.141. The van der Waals surface area contributed by atoms with E-state index < -0.39 is 23.3 Å². The van der Waals surface area contributed by atoms with Crippen LogP contribution in [0.4, 0.5) is 24.5 Å². The molecule has 0 aliphatic carbocycles. The Hall–Kier alpha value is -5.07. The molecule has 226 valence electrons. The van der Waals surface area contributed by atoms with Gasteiger partial charge in [0.25, 0.3) is 5.56 Å². The van der Waals surface area contributed by atoms with Crippen LogP contribution < -0.4 is 25.2 Å². The second-order valence-corrected chi connectivity index (χ2v) is 9.63. The third kappa shape index (κ3) is 8.03. The Morgan fingerprint density at radius 3 is 2.30 bits per heavy atom. The van der Waals surface area contributed by atoms with Crippen molar-refractivity contribution in [1.82, 2.24) is 9.55 Å². The highest BCUT2D eigenvalue weighted by molar-refractivity contribution is 5.96. The lowest BCUT2D eigenvalue weighted by atomic mass is 10.2. The number of nitrogens with one attached hydrogen (secondary N) is 1. The number of methoxy groups -OCH3 is 1. The molecule has 0 unspecified atom stereocenters. The molecular weight excluding hydrogens is 569 g/mol. The molecular formula is C30H29F3N4O6. The minimum absolute atomic E-state index is 0.0315. The average molecular weight is 599 g/mol. The van der Waals surface area contributed by atoms with Crippen molar-refractivity contribution in [3.05, 3.63) is 82.9 Å². The van der Waals surface area contributed by atoms with Crippen LogP contribution >= 0.6 is 0 Å². The molecule has 0 radical (unpaired) electrons. The summed E-state index contributed by atoms with van der Waals surface area (Å²) in [4.78, 5) is 43.8. The minimum atomic E-state index is -4.44. The van der Waals surface area contributed by atoms with E-state index in [4.69, 9.17) is 9.47 Å². The van der Waals surface area contributed by atoms with E-state index >= 15 is 0 Å². The van der Waals surface area contributed by atoms with Crippen LogP contribution in [0.5, 0.6) is 17.2 Å². The predicted octanol–water partition coefficient (Wildman–Crippen LogP) is 5.24. The van der Waals surface area contributed by atoms with Crippen LogP contribution in [0.1, 0.15) is 18.4 Å². The number of carbonyl (C=O) groups is 2. The molecule has 0 fully saturated rings. The molecule has 0 aliphatic heterocycles. The van der Waals surface area contributed by atoms with Gasteiger partial charge >= 0.3 is 12.1 Å². The van der Waals surface area contributed by atoms with E-state index in [1.807, 2.05) is 31.1 Å². The molecule has 0 saturated carbocycles. The molecule has 0 aliphatic rings. The van der Waals surface area contributed by atoms with Gasteiger partial charge in [-0.2, -0.15) is 13.2 Å². The van der Waals surface area contributed by atoms with Crippen molar-refractivity contribution in [1.29, 1.82) is 0 Å². The van der Waals surface area contributed by atoms with Gasteiger partial charge in [-0.25, -0.2) is 4.98 Å². The van der Waals surface area contributed by atoms with Crippen molar-refractivity contribution in [3.8, 4) is 17.2 Å². The molecule has 4 aromatic rings. The Labute approximate surface area is 244 Å². The number of carbonyl (C=O) groups excluding carboxylic acids is 2. The number of anilines is 2. The Kier molecular flexibility index (Phi) is 9.53. The van der Waals surface area contributed by atoms with Crippen LogP contribution in [0.25, 0.3) is 10.9 Å². The van der Waals surface area contributed by atoms with E-state index in [1.54, 1.807) is 12.1 Å². The van der Waals surface area contributed by atoms with Gasteiger partial charge in [-0.05, 0) is 67.1 Å². The van der Waals surface area contributed by atoms with Crippen molar-refractivity contribution < 1.29 is 37.0 Å². The summed E-state index contributed by atoms with van der Waals surface area (Å²) in [6.07, 6.45) is -2.91. The molecule has 3 aromatic carbocycles. The molecule has 1 heterocycles. The van der Waals surface area contributed by atoms with Crippen molar-refractivity contribution in [2.75, 3.05) is 38.0 Å². The topological polar surface area (TPSA) is 112 Å². The molecule has 1 N–H and O–H groups in total. The van der Waals surface area contributed by atoms with E-state index in [0.29, 0.717) is 5.75 Å². The molecule has 13 heteroatoms. The molecule has 10 nitrogen and oxygen atoms in total. The Morgan fingerprint density at radius 1 is 1.00 bits per heavy atom. The van der Waals surface area contributed by atoms with Gasteiger partial charge in [0.05, 0.1) is 42.2 Å². The maximum Gasteiger partial charge on any atom is 0.416 e. The van der Waals surface area contributed by atoms with Crippen molar-refractivity contribution >= 4 is 34.2 Å². The van der Waals surface area contributed by atoms with E-state index in [0.717, 1.165) is 22.4 Å². The molecule has 1 amide bonds. The quantitative estimate of drug-likeness (QED) is 0.184. The predicted molar refractivity (Wildman–Crippen MR) is 154 cm³/mol. The molecule has 43 heavy (non-hydrogen) atoms. The fourth-order valence-electron chi connectivity index (χ4n) is 4.00. The van der Waals surface area contributed by atoms with Gasteiger partial charge in [-0.3, -0.25) is 19.0 Å². The van der Waals surface area contributed by atoms with Gasteiger partial charge in [0.2, 0.25) is 5.91 Å². The van der Waals surface area contributed by atoms with Gasteiger partial charge in [-0.1, -0.05) is 0 Å². The summed E-state index contributed by atoms with van der Waals surface area (Å²) in [6.45, 7) is -0.229. The summed E-state index contributed by atoms with van der Waals surface area (Å²) in [6, 6.07) is 14.4. The lowest BCUT2D eigenvalue weighted by Gasteiger charge is -2.16. The summed E-state index contributed by atoms with van der Waals surface area (Å²) in [5, 5.41) is 2.94. The second kappa shape index (κ2) is 13.3. The third-order valence-corrected chi connectivity index (χ3v) is 6.31. The van der Waals surface area contributed by atoms with Crippen LogP contribution in [-0.4, -0.2) is 49.2 Å². The number of halogens is 3. The normalized spacial score (nSPS) is 11.2. The number of alkyl halides is 3. The average Bonchev–Trinajstić information content (AvgIpc) is 2.97. The Bertz CT molecular complexity index is 1650. The number of benzene rings is 3. The number of nitrogens with zero attached hydrogens (tertiary/aromatic N) is 3. The summed E-state index contributed by atoms with van der Waals surface area (Å²) < 4.78 is 55.5. The first-order valence-electron chi connectivity index (χ1n) is 13.1. The van der Waals surface area contributed by atoms with Crippen LogP contribution in [0.2, 0.25) is 0 Å². The highest BCUT2D eigenvalue weighted by Gasteiger charge is 2.30. The zero-order valence-electron chi connectivity index (χ0n) is 23.6. The summed E-state index contributed by atoms with van der Waals surface area (Å²) in [5.74, 6) is -0.129. The standard InChI is InChI=1S/C30H29F3N4O6/c1-36(2)20-8-12-22(13-9-20)43-26-15-23-24(34-18-37(29(23)40)17-28(39)41-3)16-25(26)35-27(38)5-4-14-42-21-10-6-19(7-11-21)30(31,32)33/h6-13,15-16,18H,4-5,14,17H2,1-3H3,(H,35,38). The summed E-state index contributed by atoms with van der Waals surface area (Å²) >= 11 is 0. The molecule has 0 bridgehead atoms. The fourth-order valence-corrected chi connectivity index (χ4v) is 4.00. The molecule has 4 rings (SSSR count). The number of fused-ring (bicyclic) bond motifs is 1. The zero-order chi connectivity index (χ0) is 31.1. The number of rotatable bonds is 11. The molecule has 0 saturated heterocycles. The number of esters is 1. The van der Waals surface area contributed by atoms with E-state index in [-0.39, 0.29) is 60.0 Å². The van der Waals surface area contributed by atoms with Crippen LogP contribution in [0, 0.1) is 0 Å². The van der Waals surface area contributed by atoms with Crippen molar-refractivity contribution in [3.63, 3.8) is 0 Å². The maximum absolute atomic E-state index is 13.1. The number of hydrogen-bond donors (Lipinski definition) is 1. The van der Waals surface area contributed by atoms with Crippen LogP contribution in [0.15, 0.2) is 71.8 Å². The molecule has 0 atom stereocenters. The van der Waals surface area contributed by atoms with Crippen LogP contribution in [-0.2, 0) is 27.0 Å². The fraction of sp³-hybridized carbons (Fsp3) is 0.267. The summed E-state index contributed by atoms with van der Waals surface area (Å²) in [7, 11) is 5.01. The largest absolute Gasteiger partial charge is 0.494 e. The number of amides is 1. The number of aromatic nitrogens is 2. The first-order valence-corrected chi connectivity index (χ1v) is 13.1. The second-order valence-electron chi connectivity index (χ2n) is 9.63. The van der Waals surface area contributed by atoms with Gasteiger partial charge in [0.15, 0.2) is 5.75 Å². The Morgan fingerprint density at radius 2 is 1.67 bits per heavy atom. The highest BCUT2D eigenvalue weighted by atomic mass is 19.4. The maximum atomic E-state index is 13.1.